The fourth-order valence-corrected chi connectivity index (χ4v) is 5.33. The van der Waals surface area contributed by atoms with Crippen molar-refractivity contribution in [2.24, 2.45) is 0 Å². The van der Waals surface area contributed by atoms with E-state index < -0.39 is 53.2 Å². The predicted molar refractivity (Wildman–Crippen MR) is 173 cm³/mol. The van der Waals surface area contributed by atoms with Crippen molar-refractivity contribution in [3.8, 4) is 11.6 Å². The van der Waals surface area contributed by atoms with Crippen molar-refractivity contribution in [1.29, 1.82) is 0 Å². The van der Waals surface area contributed by atoms with Gasteiger partial charge in [0.15, 0.2) is 0 Å². The summed E-state index contributed by atoms with van der Waals surface area (Å²) in [5.74, 6) is -0.498. The minimum atomic E-state index is -1.12. The molecule has 13 nitrogen and oxygen atoms in total. The summed E-state index contributed by atoms with van der Waals surface area (Å²) in [6.45, 7) is 9.46. The van der Waals surface area contributed by atoms with Crippen LogP contribution < -0.4 is 20.1 Å². The van der Waals surface area contributed by atoms with Crippen molar-refractivity contribution in [3.05, 3.63) is 42.6 Å². The molecule has 1 aliphatic heterocycles. The van der Waals surface area contributed by atoms with E-state index in [0.717, 1.165) is 10.8 Å². The first-order valence-electron chi connectivity index (χ1n) is 16.0. The molecule has 0 radical (unpaired) electrons. The molecule has 2 aromatic rings. The number of nitrogens with zero attached hydrogens (tertiary/aromatic N) is 2. The number of hydrogen-bond donors (Lipinski definition) is 2. The monoisotopic (exact) mass is 654 g/mol. The molecular formula is C34H46N4O9. The van der Waals surface area contributed by atoms with Gasteiger partial charge in [0.25, 0.3) is 0 Å². The predicted octanol–water partition coefficient (Wildman–Crippen LogP) is 3.68. The van der Waals surface area contributed by atoms with Crippen molar-refractivity contribution in [3.63, 3.8) is 0 Å². The van der Waals surface area contributed by atoms with E-state index in [1.54, 1.807) is 47.1 Å². The first kappa shape index (κ1) is 35.5. The van der Waals surface area contributed by atoms with Crippen LogP contribution in [0.4, 0.5) is 4.79 Å². The highest BCUT2D eigenvalue weighted by Gasteiger charge is 2.55. The number of ether oxygens (including phenoxy) is 5. The maximum absolute atomic E-state index is 14.2. The molecule has 1 aromatic heterocycles. The Morgan fingerprint density at radius 3 is 2.60 bits per heavy atom. The molecule has 2 N–H and O–H groups in total. The zero-order valence-corrected chi connectivity index (χ0v) is 28.0. The number of fused-ring (bicyclic) bond motifs is 1. The van der Waals surface area contributed by atoms with Crippen LogP contribution >= 0.6 is 0 Å². The van der Waals surface area contributed by atoms with Gasteiger partial charge in [0.1, 0.15) is 35.1 Å². The van der Waals surface area contributed by atoms with Crippen molar-refractivity contribution >= 4 is 34.6 Å². The molecule has 13 heteroatoms. The van der Waals surface area contributed by atoms with Crippen LogP contribution in [0.1, 0.15) is 60.3 Å². The van der Waals surface area contributed by atoms with Crippen LogP contribution in [0.5, 0.6) is 11.6 Å². The molecule has 47 heavy (non-hydrogen) atoms. The summed E-state index contributed by atoms with van der Waals surface area (Å²) >= 11 is 0. The lowest BCUT2D eigenvalue weighted by Crippen LogP contribution is -2.56. The fraction of sp³-hybridized carbons (Fsp3) is 0.559. The second-order valence-electron chi connectivity index (χ2n) is 12.6. The molecule has 2 aliphatic rings. The third kappa shape index (κ3) is 9.34. The maximum Gasteiger partial charge on any atom is 0.408 e. The van der Waals surface area contributed by atoms with E-state index >= 15 is 0 Å². The Hall–Kier alpha value is -4.39. The molecule has 1 saturated carbocycles. The summed E-state index contributed by atoms with van der Waals surface area (Å²) in [6, 6.07) is 5.27. The molecule has 2 heterocycles. The van der Waals surface area contributed by atoms with Gasteiger partial charge >= 0.3 is 12.1 Å². The zero-order valence-electron chi connectivity index (χ0n) is 28.0. The van der Waals surface area contributed by atoms with E-state index in [9.17, 15) is 19.2 Å². The highest BCUT2D eigenvalue weighted by atomic mass is 16.6. The summed E-state index contributed by atoms with van der Waals surface area (Å²) in [5.41, 5.74) is -1.91. The Bertz CT molecular complexity index is 1470. The van der Waals surface area contributed by atoms with Gasteiger partial charge in [-0.3, -0.25) is 9.59 Å². The number of nitrogens with one attached hydrogen (secondary N) is 2. The first-order chi connectivity index (χ1) is 22.4. The number of alkyl carbamates (subject to hydrolysis) is 1. The van der Waals surface area contributed by atoms with Crippen molar-refractivity contribution in [2.75, 3.05) is 33.5 Å². The average Bonchev–Trinajstić information content (AvgIpc) is 3.68. The van der Waals surface area contributed by atoms with Crippen molar-refractivity contribution < 1.29 is 42.9 Å². The zero-order chi connectivity index (χ0) is 34.2. The summed E-state index contributed by atoms with van der Waals surface area (Å²) in [7, 11) is 1.59. The molecule has 0 spiro atoms. The van der Waals surface area contributed by atoms with Crippen LogP contribution in [-0.2, 0) is 28.6 Å². The highest BCUT2D eigenvalue weighted by Crippen LogP contribution is 2.38. The van der Waals surface area contributed by atoms with Gasteiger partial charge in [0, 0.05) is 31.0 Å². The van der Waals surface area contributed by atoms with E-state index in [1.165, 1.54) is 4.90 Å². The van der Waals surface area contributed by atoms with Crippen molar-refractivity contribution in [1.82, 2.24) is 20.5 Å². The van der Waals surface area contributed by atoms with Crippen LogP contribution in [0.25, 0.3) is 10.8 Å². The lowest BCUT2D eigenvalue weighted by atomic mass is 10.1. The number of benzene rings is 1. The lowest BCUT2D eigenvalue weighted by Gasteiger charge is -2.30. The number of likely N-dealkylation sites (tertiary alicyclic amines) is 1. The molecule has 3 amide bonds. The molecule has 0 unspecified atom stereocenters. The Morgan fingerprint density at radius 1 is 1.17 bits per heavy atom. The normalized spacial score (nSPS) is 19.2. The van der Waals surface area contributed by atoms with E-state index in [4.69, 9.17) is 23.7 Å². The number of carbonyl (C=O) groups excluding carboxylic acids is 4. The molecular weight excluding hydrogens is 608 g/mol. The summed E-state index contributed by atoms with van der Waals surface area (Å²) in [4.78, 5) is 59.3. The number of carbonyl (C=O) groups is 4. The molecule has 1 aliphatic carbocycles. The third-order valence-corrected chi connectivity index (χ3v) is 7.83. The van der Waals surface area contributed by atoms with Gasteiger partial charge in [-0.25, -0.2) is 14.6 Å². The Morgan fingerprint density at radius 2 is 1.94 bits per heavy atom. The van der Waals surface area contributed by atoms with Gasteiger partial charge < -0.3 is 39.2 Å². The molecule has 256 valence electrons. The number of allylic oxidation sites excluding steroid dienone is 1. The van der Waals surface area contributed by atoms with Gasteiger partial charge in [0.05, 0.1) is 26.9 Å². The number of esters is 1. The summed E-state index contributed by atoms with van der Waals surface area (Å²) < 4.78 is 28.0. The fourth-order valence-electron chi connectivity index (χ4n) is 5.33. The van der Waals surface area contributed by atoms with Gasteiger partial charge in [-0.05, 0) is 77.1 Å². The second-order valence-corrected chi connectivity index (χ2v) is 12.6. The molecule has 4 rings (SSSR count). The van der Waals surface area contributed by atoms with Gasteiger partial charge in [-0.2, -0.15) is 0 Å². The number of rotatable bonds is 14. The number of amides is 3. The topological polar surface area (TPSA) is 155 Å². The quantitative estimate of drug-likeness (QED) is 0.175. The largest absolute Gasteiger partial charge is 0.497 e. The molecule has 0 bridgehead atoms. The minimum Gasteiger partial charge on any atom is -0.497 e. The van der Waals surface area contributed by atoms with Crippen LogP contribution in [0.3, 0.4) is 0 Å². The molecule has 1 aromatic carbocycles. The van der Waals surface area contributed by atoms with Gasteiger partial charge in [-0.15, -0.1) is 0 Å². The summed E-state index contributed by atoms with van der Waals surface area (Å²) in [6.07, 6.45) is 5.03. The van der Waals surface area contributed by atoms with Crippen molar-refractivity contribution in [2.45, 2.75) is 89.6 Å². The number of hydrogen-bond acceptors (Lipinski definition) is 10. The van der Waals surface area contributed by atoms with E-state index in [1.807, 2.05) is 37.3 Å². The van der Waals surface area contributed by atoms with Crippen LogP contribution in [0.15, 0.2) is 42.6 Å². The lowest BCUT2D eigenvalue weighted by molar-refractivity contribution is -0.149. The molecule has 1 saturated heterocycles. The van der Waals surface area contributed by atoms with Gasteiger partial charge in [-0.1, -0.05) is 12.2 Å². The average molecular weight is 655 g/mol. The SMILES string of the molecule is CC=CCOCC[C@H](NC(=O)OC(C)(C)C)C(=O)N1C[C@H](Oc2nccc3cc(OC)ccc23)C[C@H]1C(=O)NC1(C(=O)OCC)CC1. The Labute approximate surface area is 275 Å². The highest BCUT2D eigenvalue weighted by molar-refractivity contribution is 5.96. The number of aromatic nitrogens is 1. The minimum absolute atomic E-state index is 0.0312. The van der Waals surface area contributed by atoms with Crippen LogP contribution in [0, 0.1) is 0 Å². The number of pyridine rings is 1. The van der Waals surface area contributed by atoms with E-state index in [2.05, 4.69) is 15.6 Å². The number of methoxy groups -OCH3 is 1. The standard InChI is InChI=1S/C34H46N4O9/c1-7-9-17-44-18-13-26(36-32(42)47-33(3,4)5)30(40)38-21-24(20-27(38)28(39)37-34(14-15-34)31(41)45-8-2)46-29-25-11-10-23(43-6)19-22(25)12-16-35-29/h7,9-12,16,19,24,26-27H,8,13-15,17-18,20-21H2,1-6H3,(H,36,42)(H,37,39)/t24-,26+,27+/m1/s1. The summed E-state index contributed by atoms with van der Waals surface area (Å²) in [5, 5.41) is 7.10. The third-order valence-electron chi connectivity index (χ3n) is 7.83. The molecule has 2 fully saturated rings. The molecule has 3 atom stereocenters. The van der Waals surface area contributed by atoms with Crippen LogP contribution in [-0.4, -0.2) is 96.6 Å². The van der Waals surface area contributed by atoms with E-state index in [-0.39, 0.29) is 32.6 Å². The first-order valence-corrected chi connectivity index (χ1v) is 16.0. The smallest absolute Gasteiger partial charge is 0.408 e. The Kier molecular flexibility index (Phi) is 11.7. The van der Waals surface area contributed by atoms with Gasteiger partial charge in [0.2, 0.25) is 17.7 Å². The van der Waals surface area contributed by atoms with Crippen LogP contribution in [0.2, 0.25) is 0 Å². The van der Waals surface area contributed by atoms with E-state index in [0.29, 0.717) is 31.1 Å². The second kappa shape index (κ2) is 15.5. The maximum atomic E-state index is 14.2. The Balaban J connectivity index is 1.60.